The molecule has 2 aliphatic rings. The van der Waals surface area contributed by atoms with Gasteiger partial charge in [0.15, 0.2) is 0 Å². The number of aromatic nitrogens is 2. The van der Waals surface area contributed by atoms with Crippen LogP contribution >= 0.6 is 0 Å². The zero-order valence-corrected chi connectivity index (χ0v) is 15.5. The van der Waals surface area contributed by atoms with Crippen LogP contribution in [0.15, 0.2) is 29.2 Å². The number of pyridine rings is 1. The number of carbonyl (C=O) groups is 1. The molecular weight excluding hydrogens is 361 g/mol. The summed E-state index contributed by atoms with van der Waals surface area (Å²) >= 11 is 0. The smallest absolute Gasteiger partial charge is 0.219 e. The number of nitrogens with one attached hydrogen (secondary N) is 1. The first-order chi connectivity index (χ1) is 13.5. The Kier molecular flexibility index (Phi) is 3.62. The van der Waals surface area contributed by atoms with E-state index in [1.54, 1.807) is 17.2 Å². The highest BCUT2D eigenvalue weighted by Crippen LogP contribution is 2.41. The number of H-pyrrole nitrogens is 1. The van der Waals surface area contributed by atoms with Gasteiger partial charge in [-0.1, -0.05) is 6.08 Å². The van der Waals surface area contributed by atoms with E-state index in [-0.39, 0.29) is 34.0 Å². The van der Waals surface area contributed by atoms with Gasteiger partial charge < -0.3 is 19.6 Å². The summed E-state index contributed by atoms with van der Waals surface area (Å²) in [6.45, 7) is 2.54. The van der Waals surface area contributed by atoms with Crippen LogP contribution in [0.2, 0.25) is 0 Å². The van der Waals surface area contributed by atoms with Crippen LogP contribution in [0.1, 0.15) is 37.8 Å². The molecule has 7 heteroatoms. The monoisotopic (exact) mass is 381 g/mol. The van der Waals surface area contributed by atoms with Crippen LogP contribution in [0.4, 0.5) is 4.39 Å². The number of amides is 1. The van der Waals surface area contributed by atoms with Gasteiger partial charge in [-0.3, -0.25) is 9.59 Å². The van der Waals surface area contributed by atoms with Crippen molar-refractivity contribution < 1.29 is 14.3 Å². The predicted octanol–water partition coefficient (Wildman–Crippen LogP) is 3.30. The van der Waals surface area contributed by atoms with Gasteiger partial charge in [0.05, 0.1) is 11.0 Å². The molecule has 1 aliphatic heterocycles. The number of carbonyl (C=O) groups excluding carboxylic acids is 1. The minimum atomic E-state index is -0.455. The highest BCUT2D eigenvalue weighted by Gasteiger charge is 2.29. The summed E-state index contributed by atoms with van der Waals surface area (Å²) in [4.78, 5) is 28.9. The van der Waals surface area contributed by atoms with Crippen LogP contribution in [0.25, 0.3) is 27.4 Å². The molecule has 0 unspecified atom stereocenters. The molecule has 5 rings (SSSR count). The molecule has 1 saturated carbocycles. The third-order valence-corrected chi connectivity index (χ3v) is 5.83. The van der Waals surface area contributed by atoms with Crippen molar-refractivity contribution in [3.63, 3.8) is 0 Å². The molecule has 3 heterocycles. The van der Waals surface area contributed by atoms with Crippen molar-refractivity contribution in [3.05, 3.63) is 46.0 Å². The van der Waals surface area contributed by atoms with Crippen LogP contribution in [-0.2, 0) is 4.79 Å². The summed E-state index contributed by atoms with van der Waals surface area (Å²) in [5.41, 5.74) is 2.29. The summed E-state index contributed by atoms with van der Waals surface area (Å²) in [5, 5.41) is 10.6. The lowest BCUT2D eigenvalue weighted by Gasteiger charge is -2.26. The van der Waals surface area contributed by atoms with Gasteiger partial charge in [0, 0.05) is 43.2 Å². The summed E-state index contributed by atoms with van der Waals surface area (Å²) in [7, 11) is 0. The summed E-state index contributed by atoms with van der Waals surface area (Å²) in [6.07, 6.45) is 6.07. The SMILES string of the molecule is CC(=O)N1CC=C(c2cc3c(cc2F)c(=O)c2c(O)[nH]cc2n3C2CC2)CC1. The largest absolute Gasteiger partial charge is 0.494 e. The quantitative estimate of drug-likeness (QED) is 0.715. The van der Waals surface area contributed by atoms with E-state index >= 15 is 0 Å². The van der Waals surface area contributed by atoms with Crippen molar-refractivity contribution in [2.24, 2.45) is 0 Å². The number of hydrogen-bond acceptors (Lipinski definition) is 3. The fourth-order valence-electron chi connectivity index (χ4n) is 4.20. The lowest BCUT2D eigenvalue weighted by atomic mass is 9.97. The van der Waals surface area contributed by atoms with Crippen molar-refractivity contribution in [1.82, 2.24) is 14.5 Å². The Balaban J connectivity index is 1.75. The van der Waals surface area contributed by atoms with Crippen molar-refractivity contribution in [1.29, 1.82) is 0 Å². The number of benzene rings is 1. The number of nitrogens with zero attached hydrogens (tertiary/aromatic N) is 2. The number of aromatic hydroxyl groups is 1. The van der Waals surface area contributed by atoms with Gasteiger partial charge in [0.1, 0.15) is 11.2 Å². The summed E-state index contributed by atoms with van der Waals surface area (Å²) in [5.74, 6) is -0.629. The maximum Gasteiger partial charge on any atom is 0.219 e. The van der Waals surface area contributed by atoms with Gasteiger partial charge in [-0.2, -0.15) is 0 Å². The zero-order valence-electron chi connectivity index (χ0n) is 15.5. The molecule has 2 aromatic heterocycles. The minimum absolute atomic E-state index is 0.00603. The number of rotatable bonds is 2. The molecule has 28 heavy (non-hydrogen) atoms. The van der Waals surface area contributed by atoms with Crippen molar-refractivity contribution in [2.75, 3.05) is 13.1 Å². The molecular formula is C21H20FN3O3. The zero-order chi connectivity index (χ0) is 19.6. The Labute approximate surface area is 159 Å². The Bertz CT molecular complexity index is 1230. The molecule has 3 aromatic rings. The van der Waals surface area contributed by atoms with E-state index in [9.17, 15) is 19.1 Å². The van der Waals surface area contributed by atoms with Crippen LogP contribution in [0.3, 0.4) is 0 Å². The fourth-order valence-corrected chi connectivity index (χ4v) is 4.20. The van der Waals surface area contributed by atoms with Gasteiger partial charge in [-0.05, 0) is 37.0 Å². The van der Waals surface area contributed by atoms with E-state index in [2.05, 4.69) is 4.98 Å². The van der Waals surface area contributed by atoms with E-state index in [4.69, 9.17) is 0 Å². The Morgan fingerprint density at radius 2 is 2.07 bits per heavy atom. The Morgan fingerprint density at radius 1 is 1.29 bits per heavy atom. The second-order valence-corrected chi connectivity index (χ2v) is 7.62. The highest BCUT2D eigenvalue weighted by molar-refractivity contribution is 5.97. The van der Waals surface area contributed by atoms with Crippen LogP contribution < -0.4 is 5.43 Å². The second-order valence-electron chi connectivity index (χ2n) is 7.62. The molecule has 1 fully saturated rings. The molecule has 1 amide bonds. The van der Waals surface area contributed by atoms with Crippen molar-refractivity contribution >= 4 is 33.3 Å². The summed E-state index contributed by atoms with van der Waals surface area (Å²) in [6, 6.07) is 3.28. The molecule has 0 radical (unpaired) electrons. The number of halogens is 1. The van der Waals surface area contributed by atoms with Gasteiger partial charge in [0.25, 0.3) is 0 Å². The minimum Gasteiger partial charge on any atom is -0.494 e. The molecule has 0 atom stereocenters. The Morgan fingerprint density at radius 3 is 2.71 bits per heavy atom. The van der Waals surface area contributed by atoms with Gasteiger partial charge >= 0.3 is 0 Å². The van der Waals surface area contributed by atoms with Crippen LogP contribution in [0.5, 0.6) is 5.88 Å². The number of hydrogen-bond donors (Lipinski definition) is 2. The number of fused-ring (bicyclic) bond motifs is 2. The fraction of sp³-hybridized carbons (Fsp3) is 0.333. The Hall–Kier alpha value is -3.09. The average Bonchev–Trinajstić information content (AvgIpc) is 3.44. The number of aromatic amines is 1. The van der Waals surface area contributed by atoms with Crippen molar-refractivity contribution in [3.8, 4) is 5.88 Å². The molecule has 0 bridgehead atoms. The lowest BCUT2D eigenvalue weighted by Crippen LogP contribution is -2.32. The summed E-state index contributed by atoms with van der Waals surface area (Å²) < 4.78 is 17.0. The molecule has 144 valence electrons. The maximum absolute atomic E-state index is 15.0. The first-order valence-electron chi connectivity index (χ1n) is 9.48. The normalized spacial score (nSPS) is 17.4. The molecule has 0 spiro atoms. The van der Waals surface area contributed by atoms with Crippen LogP contribution in [-0.4, -0.2) is 38.6 Å². The van der Waals surface area contributed by atoms with Crippen LogP contribution in [0, 0.1) is 5.82 Å². The van der Waals surface area contributed by atoms with E-state index < -0.39 is 5.82 Å². The molecule has 0 saturated heterocycles. The molecule has 6 nitrogen and oxygen atoms in total. The molecule has 1 aromatic carbocycles. The molecule has 1 aliphatic carbocycles. The van der Waals surface area contributed by atoms with Gasteiger partial charge in [0.2, 0.25) is 17.2 Å². The third kappa shape index (κ3) is 2.46. The van der Waals surface area contributed by atoms with E-state index in [1.807, 2.05) is 10.6 Å². The lowest BCUT2D eigenvalue weighted by molar-refractivity contribution is -0.128. The van der Waals surface area contributed by atoms with Gasteiger partial charge in [-0.25, -0.2) is 4.39 Å². The van der Waals surface area contributed by atoms with Gasteiger partial charge in [-0.15, -0.1) is 0 Å². The maximum atomic E-state index is 15.0. The highest BCUT2D eigenvalue weighted by atomic mass is 19.1. The van der Waals surface area contributed by atoms with E-state index in [1.165, 1.54) is 13.0 Å². The van der Waals surface area contributed by atoms with E-state index in [0.29, 0.717) is 36.1 Å². The third-order valence-electron chi connectivity index (χ3n) is 5.83. The standard InChI is InChI=1S/C21H20FN3O3/c1-11(26)24-6-4-12(5-7-24)14-9-17-15(8-16(14)22)20(27)19-18(10-23-21(19)28)25(17)13-2-3-13/h4,8-10,13,23,28H,2-3,5-7H2,1H3. The average molecular weight is 381 g/mol. The predicted molar refractivity (Wildman–Crippen MR) is 105 cm³/mol. The first kappa shape index (κ1) is 17.0. The topological polar surface area (TPSA) is 78.3 Å². The molecule has 2 N–H and O–H groups in total. The van der Waals surface area contributed by atoms with Crippen molar-refractivity contribution in [2.45, 2.75) is 32.2 Å². The second kappa shape index (κ2) is 5.95. The van der Waals surface area contributed by atoms with E-state index in [0.717, 1.165) is 18.4 Å². The first-order valence-corrected chi connectivity index (χ1v) is 9.48.